The fourth-order valence-corrected chi connectivity index (χ4v) is 10.1. The highest BCUT2D eigenvalue weighted by molar-refractivity contribution is 7.64. The zero-order valence-electron chi connectivity index (χ0n) is 16.0. The lowest BCUT2D eigenvalue weighted by Crippen LogP contribution is -2.36. The third-order valence-corrected chi connectivity index (χ3v) is 10.6. The second-order valence-corrected chi connectivity index (χ2v) is 10.9. The number of hydrogen-bond donors (Lipinski definition) is 0. The molecule has 3 aliphatic carbocycles. The van der Waals surface area contributed by atoms with Crippen molar-refractivity contribution in [2.45, 2.75) is 108 Å². The van der Waals surface area contributed by atoms with Gasteiger partial charge in [0.1, 0.15) is 0 Å². The van der Waals surface area contributed by atoms with Crippen LogP contribution in [0.5, 0.6) is 0 Å². The quantitative estimate of drug-likeness (QED) is 0.427. The average molecular weight is 345 g/mol. The Bertz CT molecular complexity index is 484. The molecule has 1 unspecified atom stereocenters. The summed E-state index contributed by atoms with van der Waals surface area (Å²) in [6, 6.07) is 0. The van der Waals surface area contributed by atoms with E-state index >= 15 is 0 Å². The molecule has 0 aromatic carbocycles. The van der Waals surface area contributed by atoms with Crippen LogP contribution in [0.1, 0.15) is 97.3 Å². The van der Waals surface area contributed by atoms with Gasteiger partial charge in [0, 0.05) is 5.16 Å². The summed E-state index contributed by atoms with van der Waals surface area (Å²) in [5, 5.41) is 2.42. The molecule has 3 rings (SSSR count). The molecule has 0 spiro atoms. The molecular formula is C23H37P. The fraction of sp³-hybridized carbons (Fsp3) is 0.739. The highest BCUT2D eigenvalue weighted by atomic mass is 31.1. The largest absolute Gasteiger partial charge is 0.0811 e. The van der Waals surface area contributed by atoms with E-state index in [1.165, 1.54) is 83.5 Å². The molecule has 1 heteroatoms. The Morgan fingerprint density at radius 2 is 1.79 bits per heavy atom. The predicted octanol–water partition coefficient (Wildman–Crippen LogP) is 8.09. The highest BCUT2D eigenvalue weighted by Crippen LogP contribution is 2.70. The van der Waals surface area contributed by atoms with Crippen LogP contribution in [-0.4, -0.2) is 10.8 Å². The Morgan fingerprint density at radius 1 is 1.08 bits per heavy atom. The SMILES string of the molecule is CCC=C(CC)P(C1CCCCC1)C1(C2=CC=CC2)CCCCC1. The number of hydrogen-bond acceptors (Lipinski definition) is 0. The Balaban J connectivity index is 2.00. The lowest BCUT2D eigenvalue weighted by molar-refractivity contribution is 0.418. The van der Waals surface area contributed by atoms with Gasteiger partial charge in [-0.3, -0.25) is 0 Å². The van der Waals surface area contributed by atoms with E-state index in [2.05, 4.69) is 38.2 Å². The van der Waals surface area contributed by atoms with E-state index in [-0.39, 0.29) is 7.92 Å². The first-order valence-electron chi connectivity index (χ1n) is 10.7. The normalized spacial score (nSPS) is 26.4. The molecule has 0 nitrogen and oxygen atoms in total. The van der Waals surface area contributed by atoms with Crippen molar-refractivity contribution in [2.75, 3.05) is 0 Å². The monoisotopic (exact) mass is 344 g/mol. The third-order valence-electron chi connectivity index (χ3n) is 6.56. The summed E-state index contributed by atoms with van der Waals surface area (Å²) in [5.74, 6) is 0. The molecule has 1 atom stereocenters. The van der Waals surface area contributed by atoms with Crippen LogP contribution in [0.3, 0.4) is 0 Å². The maximum Gasteiger partial charge on any atom is 0.0159 e. The summed E-state index contributed by atoms with van der Waals surface area (Å²) in [6.45, 7) is 4.77. The summed E-state index contributed by atoms with van der Waals surface area (Å²) in [7, 11) is -0.00887. The molecule has 0 aromatic heterocycles. The van der Waals surface area contributed by atoms with Crippen LogP contribution in [0.4, 0.5) is 0 Å². The minimum absolute atomic E-state index is 0.00887. The van der Waals surface area contributed by atoms with E-state index in [0.29, 0.717) is 5.16 Å². The van der Waals surface area contributed by atoms with Crippen molar-refractivity contribution >= 4 is 7.92 Å². The van der Waals surface area contributed by atoms with E-state index in [0.717, 1.165) is 5.66 Å². The third kappa shape index (κ3) is 3.75. The van der Waals surface area contributed by atoms with Gasteiger partial charge >= 0.3 is 0 Å². The maximum absolute atomic E-state index is 2.64. The van der Waals surface area contributed by atoms with Crippen molar-refractivity contribution in [3.05, 3.63) is 35.2 Å². The lowest BCUT2D eigenvalue weighted by Gasteiger charge is -2.50. The van der Waals surface area contributed by atoms with Gasteiger partial charge in [-0.1, -0.05) is 90.2 Å². The minimum atomic E-state index is -0.00887. The van der Waals surface area contributed by atoms with Crippen LogP contribution < -0.4 is 0 Å². The highest BCUT2D eigenvalue weighted by Gasteiger charge is 2.46. The van der Waals surface area contributed by atoms with Crippen molar-refractivity contribution in [3.63, 3.8) is 0 Å². The van der Waals surface area contributed by atoms with Crippen molar-refractivity contribution in [1.82, 2.24) is 0 Å². The molecule has 3 aliphatic rings. The van der Waals surface area contributed by atoms with E-state index in [9.17, 15) is 0 Å². The molecule has 2 fully saturated rings. The lowest BCUT2D eigenvalue weighted by atomic mass is 9.82. The second-order valence-electron chi connectivity index (χ2n) is 8.04. The topological polar surface area (TPSA) is 0 Å². The van der Waals surface area contributed by atoms with E-state index in [4.69, 9.17) is 0 Å². The van der Waals surface area contributed by atoms with Crippen molar-refractivity contribution in [3.8, 4) is 0 Å². The summed E-state index contributed by atoms with van der Waals surface area (Å²) in [6.07, 6.45) is 28.5. The smallest absolute Gasteiger partial charge is 0.0159 e. The second kappa shape index (κ2) is 8.84. The molecule has 0 radical (unpaired) electrons. The molecule has 0 bridgehead atoms. The zero-order chi connectivity index (χ0) is 16.8. The van der Waals surface area contributed by atoms with Gasteiger partial charge in [0.05, 0.1) is 0 Å². The molecule has 134 valence electrons. The van der Waals surface area contributed by atoms with E-state index in [1.807, 2.05) is 10.9 Å². The molecule has 24 heavy (non-hydrogen) atoms. The van der Waals surface area contributed by atoms with Gasteiger partial charge in [0.15, 0.2) is 0 Å². The maximum atomic E-state index is 2.64. The zero-order valence-corrected chi connectivity index (χ0v) is 16.9. The van der Waals surface area contributed by atoms with Crippen LogP contribution in [-0.2, 0) is 0 Å². The molecule has 0 aliphatic heterocycles. The van der Waals surface area contributed by atoms with Crippen LogP contribution in [0.25, 0.3) is 0 Å². The molecular weight excluding hydrogens is 307 g/mol. The molecule has 0 amide bonds. The Morgan fingerprint density at radius 3 is 2.38 bits per heavy atom. The van der Waals surface area contributed by atoms with Crippen LogP contribution >= 0.6 is 7.92 Å². The van der Waals surface area contributed by atoms with E-state index < -0.39 is 0 Å². The van der Waals surface area contributed by atoms with Crippen LogP contribution in [0.2, 0.25) is 0 Å². The van der Waals surface area contributed by atoms with Gasteiger partial charge in [-0.15, -0.1) is 0 Å². The van der Waals surface area contributed by atoms with Gasteiger partial charge in [-0.25, -0.2) is 0 Å². The van der Waals surface area contributed by atoms with Gasteiger partial charge in [-0.05, 0) is 55.9 Å². The predicted molar refractivity (Wildman–Crippen MR) is 110 cm³/mol. The Hall–Kier alpha value is -0.350. The number of allylic oxidation sites excluding steroid dienone is 6. The minimum Gasteiger partial charge on any atom is -0.0811 e. The summed E-state index contributed by atoms with van der Waals surface area (Å²) < 4.78 is 0. The van der Waals surface area contributed by atoms with Gasteiger partial charge < -0.3 is 0 Å². The first-order chi connectivity index (χ1) is 11.8. The molecule has 0 N–H and O–H groups in total. The fourth-order valence-electron chi connectivity index (χ4n) is 5.49. The summed E-state index contributed by atoms with van der Waals surface area (Å²) >= 11 is 0. The first kappa shape index (κ1) is 18.4. The summed E-state index contributed by atoms with van der Waals surface area (Å²) in [5.41, 5.74) is 2.82. The van der Waals surface area contributed by atoms with Crippen LogP contribution in [0.15, 0.2) is 35.2 Å². The Kier molecular flexibility index (Phi) is 6.79. The average Bonchev–Trinajstić information content (AvgIpc) is 3.18. The Labute approximate surface area is 151 Å². The molecule has 0 aromatic rings. The van der Waals surface area contributed by atoms with E-state index in [1.54, 1.807) is 0 Å². The van der Waals surface area contributed by atoms with Gasteiger partial charge in [0.2, 0.25) is 0 Å². The molecule has 0 heterocycles. The first-order valence-corrected chi connectivity index (χ1v) is 12.1. The van der Waals surface area contributed by atoms with Crippen molar-refractivity contribution in [1.29, 1.82) is 0 Å². The molecule has 0 saturated heterocycles. The summed E-state index contributed by atoms with van der Waals surface area (Å²) in [4.78, 5) is 0. The van der Waals surface area contributed by atoms with Crippen molar-refractivity contribution in [2.24, 2.45) is 0 Å². The van der Waals surface area contributed by atoms with Crippen LogP contribution in [0, 0.1) is 0 Å². The molecule has 2 saturated carbocycles. The van der Waals surface area contributed by atoms with Gasteiger partial charge in [-0.2, -0.15) is 0 Å². The van der Waals surface area contributed by atoms with Gasteiger partial charge in [0.25, 0.3) is 0 Å². The number of rotatable bonds is 6. The van der Waals surface area contributed by atoms with Crippen molar-refractivity contribution < 1.29 is 0 Å². The standard InChI is InChI=1S/C23H37P/c1-3-13-21(4-2)24(22-16-7-5-8-17-22)23(18-11-6-12-19-23)20-14-9-10-15-20/h9-10,13-14,22H,3-8,11-12,15-19H2,1-2H3.